The van der Waals surface area contributed by atoms with Crippen molar-refractivity contribution in [2.45, 2.75) is 31.7 Å². The Bertz CT molecular complexity index is 670. The highest BCUT2D eigenvalue weighted by Gasteiger charge is 2.23. The van der Waals surface area contributed by atoms with Crippen molar-refractivity contribution in [3.63, 3.8) is 0 Å². The number of benzene rings is 2. The van der Waals surface area contributed by atoms with Crippen LogP contribution in [-0.4, -0.2) is 12.6 Å². The number of aryl methyl sites for hydroxylation is 2. The van der Waals surface area contributed by atoms with Crippen LogP contribution in [0.2, 0.25) is 0 Å². The second-order valence-electron chi connectivity index (χ2n) is 5.90. The second kappa shape index (κ2) is 7.18. The molecule has 0 spiro atoms. The molecule has 2 amide bonds. The molecule has 1 aliphatic rings. The SMILES string of the molecule is NC(=O)NC1CCc2cc(OCCCc3ccccc3)ccc21. The normalized spacial score (nSPS) is 15.9. The number of ether oxygens (including phenoxy) is 1. The van der Waals surface area contributed by atoms with E-state index in [1.165, 1.54) is 11.1 Å². The summed E-state index contributed by atoms with van der Waals surface area (Å²) in [4.78, 5) is 11.0. The lowest BCUT2D eigenvalue weighted by atomic mass is 10.1. The highest BCUT2D eigenvalue weighted by Crippen LogP contribution is 2.33. The Morgan fingerprint density at radius 3 is 2.83 bits per heavy atom. The van der Waals surface area contributed by atoms with Gasteiger partial charge in [-0.15, -0.1) is 0 Å². The minimum Gasteiger partial charge on any atom is -0.494 e. The van der Waals surface area contributed by atoms with Crippen LogP contribution in [0.5, 0.6) is 5.75 Å². The van der Waals surface area contributed by atoms with E-state index in [4.69, 9.17) is 10.5 Å². The number of amides is 2. The van der Waals surface area contributed by atoms with Crippen LogP contribution in [0.25, 0.3) is 0 Å². The molecule has 3 rings (SSSR count). The van der Waals surface area contributed by atoms with E-state index in [0.717, 1.165) is 37.0 Å². The molecular formula is C19H22N2O2. The van der Waals surface area contributed by atoms with Gasteiger partial charge in [0.1, 0.15) is 5.75 Å². The fourth-order valence-corrected chi connectivity index (χ4v) is 3.12. The van der Waals surface area contributed by atoms with E-state index in [0.29, 0.717) is 6.61 Å². The van der Waals surface area contributed by atoms with Crippen molar-refractivity contribution in [3.05, 3.63) is 65.2 Å². The van der Waals surface area contributed by atoms with E-state index in [-0.39, 0.29) is 6.04 Å². The summed E-state index contributed by atoms with van der Waals surface area (Å²) in [6, 6.07) is 16.1. The number of rotatable bonds is 6. The van der Waals surface area contributed by atoms with Crippen LogP contribution < -0.4 is 15.8 Å². The van der Waals surface area contributed by atoms with Crippen LogP contribution in [0.3, 0.4) is 0 Å². The lowest BCUT2D eigenvalue weighted by molar-refractivity contribution is 0.245. The van der Waals surface area contributed by atoms with Gasteiger partial charge in [0.2, 0.25) is 0 Å². The summed E-state index contributed by atoms with van der Waals surface area (Å²) >= 11 is 0. The van der Waals surface area contributed by atoms with E-state index >= 15 is 0 Å². The predicted molar refractivity (Wildman–Crippen MR) is 90.5 cm³/mol. The predicted octanol–water partition coefficient (Wildman–Crippen LogP) is 3.35. The van der Waals surface area contributed by atoms with Crippen LogP contribution in [0.1, 0.15) is 35.6 Å². The van der Waals surface area contributed by atoms with E-state index < -0.39 is 6.03 Å². The van der Waals surface area contributed by atoms with Crippen LogP contribution in [-0.2, 0) is 12.8 Å². The number of primary amides is 1. The Kier molecular flexibility index (Phi) is 4.81. The zero-order valence-corrected chi connectivity index (χ0v) is 13.1. The molecule has 2 aromatic carbocycles. The van der Waals surface area contributed by atoms with Gasteiger partial charge in [-0.2, -0.15) is 0 Å². The number of urea groups is 1. The number of hydrogen-bond acceptors (Lipinski definition) is 2. The zero-order valence-electron chi connectivity index (χ0n) is 13.1. The monoisotopic (exact) mass is 310 g/mol. The molecule has 4 heteroatoms. The molecule has 0 saturated carbocycles. The summed E-state index contributed by atoms with van der Waals surface area (Å²) < 4.78 is 5.86. The van der Waals surface area contributed by atoms with Gasteiger partial charge >= 0.3 is 6.03 Å². The molecule has 23 heavy (non-hydrogen) atoms. The Labute approximate surface area is 136 Å². The lowest BCUT2D eigenvalue weighted by Gasteiger charge is -2.13. The van der Waals surface area contributed by atoms with Crippen LogP contribution in [0, 0.1) is 0 Å². The number of nitrogens with two attached hydrogens (primary N) is 1. The summed E-state index contributed by atoms with van der Waals surface area (Å²) in [5.41, 5.74) is 8.95. The van der Waals surface area contributed by atoms with Crippen LogP contribution in [0.15, 0.2) is 48.5 Å². The summed E-state index contributed by atoms with van der Waals surface area (Å²) in [7, 11) is 0. The van der Waals surface area contributed by atoms with Gasteiger partial charge in [0.25, 0.3) is 0 Å². The molecule has 0 saturated heterocycles. The third-order valence-electron chi connectivity index (χ3n) is 4.23. The number of hydrogen-bond donors (Lipinski definition) is 2. The molecule has 0 aliphatic heterocycles. The molecule has 0 bridgehead atoms. The quantitative estimate of drug-likeness (QED) is 0.804. The number of carbonyl (C=O) groups excluding carboxylic acids is 1. The number of nitrogens with one attached hydrogen (secondary N) is 1. The summed E-state index contributed by atoms with van der Waals surface area (Å²) in [5.74, 6) is 0.900. The minimum absolute atomic E-state index is 0.0367. The third kappa shape index (κ3) is 4.03. The van der Waals surface area contributed by atoms with Gasteiger partial charge < -0.3 is 15.8 Å². The standard InChI is InChI=1S/C19H22N2O2/c20-19(22)21-18-11-8-15-13-16(9-10-17(15)18)23-12-4-7-14-5-2-1-3-6-14/h1-3,5-6,9-10,13,18H,4,7-8,11-12H2,(H3,20,21,22). The molecule has 4 nitrogen and oxygen atoms in total. The Morgan fingerprint density at radius 1 is 1.22 bits per heavy atom. The first-order valence-corrected chi connectivity index (χ1v) is 8.08. The molecule has 3 N–H and O–H groups in total. The van der Waals surface area contributed by atoms with Crippen molar-refractivity contribution in [3.8, 4) is 5.75 Å². The average Bonchev–Trinajstić information content (AvgIpc) is 2.94. The van der Waals surface area contributed by atoms with Gasteiger partial charge in [-0.25, -0.2) is 4.79 Å². The maximum Gasteiger partial charge on any atom is 0.312 e. The summed E-state index contributed by atoms with van der Waals surface area (Å²) in [6.45, 7) is 0.705. The molecular weight excluding hydrogens is 288 g/mol. The first kappa shape index (κ1) is 15.4. The lowest BCUT2D eigenvalue weighted by Crippen LogP contribution is -2.32. The Hall–Kier alpha value is -2.49. The zero-order chi connectivity index (χ0) is 16.1. The van der Waals surface area contributed by atoms with Crippen molar-refractivity contribution in [1.29, 1.82) is 0 Å². The van der Waals surface area contributed by atoms with Crippen LogP contribution in [0.4, 0.5) is 4.79 Å². The highest BCUT2D eigenvalue weighted by molar-refractivity contribution is 5.72. The Balaban J connectivity index is 1.51. The minimum atomic E-state index is -0.468. The number of carbonyl (C=O) groups is 1. The van der Waals surface area contributed by atoms with Gasteiger partial charge in [-0.05, 0) is 54.5 Å². The van der Waals surface area contributed by atoms with Gasteiger partial charge in [-0.1, -0.05) is 36.4 Å². The molecule has 1 unspecified atom stereocenters. The van der Waals surface area contributed by atoms with E-state index in [1.54, 1.807) is 0 Å². The van der Waals surface area contributed by atoms with Crippen molar-refractivity contribution >= 4 is 6.03 Å². The van der Waals surface area contributed by atoms with Crippen molar-refractivity contribution in [2.24, 2.45) is 5.73 Å². The van der Waals surface area contributed by atoms with Crippen LogP contribution >= 0.6 is 0 Å². The van der Waals surface area contributed by atoms with E-state index in [2.05, 4.69) is 35.6 Å². The fourth-order valence-electron chi connectivity index (χ4n) is 3.12. The molecule has 0 fully saturated rings. The summed E-state index contributed by atoms with van der Waals surface area (Å²) in [5, 5.41) is 2.79. The fraction of sp³-hybridized carbons (Fsp3) is 0.316. The molecule has 1 aliphatic carbocycles. The van der Waals surface area contributed by atoms with E-state index in [1.807, 2.05) is 18.2 Å². The van der Waals surface area contributed by atoms with Gasteiger partial charge in [0.05, 0.1) is 12.6 Å². The third-order valence-corrected chi connectivity index (χ3v) is 4.23. The maximum atomic E-state index is 11.0. The van der Waals surface area contributed by atoms with Crippen molar-refractivity contribution in [1.82, 2.24) is 5.32 Å². The maximum absolute atomic E-state index is 11.0. The highest BCUT2D eigenvalue weighted by atomic mass is 16.5. The molecule has 0 radical (unpaired) electrons. The van der Waals surface area contributed by atoms with Gasteiger partial charge in [-0.3, -0.25) is 0 Å². The van der Waals surface area contributed by atoms with Crippen molar-refractivity contribution in [2.75, 3.05) is 6.61 Å². The van der Waals surface area contributed by atoms with Crippen molar-refractivity contribution < 1.29 is 9.53 Å². The first-order valence-electron chi connectivity index (χ1n) is 8.08. The number of fused-ring (bicyclic) bond motifs is 1. The summed E-state index contributed by atoms with van der Waals surface area (Å²) in [6.07, 6.45) is 3.86. The van der Waals surface area contributed by atoms with Gasteiger partial charge in [0.15, 0.2) is 0 Å². The molecule has 120 valence electrons. The Morgan fingerprint density at radius 2 is 2.04 bits per heavy atom. The topological polar surface area (TPSA) is 64.4 Å². The average molecular weight is 310 g/mol. The smallest absolute Gasteiger partial charge is 0.312 e. The first-order chi connectivity index (χ1) is 11.2. The largest absolute Gasteiger partial charge is 0.494 e. The van der Waals surface area contributed by atoms with Gasteiger partial charge in [0, 0.05) is 0 Å². The second-order valence-corrected chi connectivity index (χ2v) is 5.90. The van der Waals surface area contributed by atoms with E-state index in [9.17, 15) is 4.79 Å². The molecule has 0 aromatic heterocycles. The molecule has 2 aromatic rings. The molecule has 0 heterocycles. The molecule has 1 atom stereocenters.